The molecule has 0 saturated carbocycles. The molecule has 98 valence electrons. The predicted molar refractivity (Wildman–Crippen MR) is 78.2 cm³/mol. The van der Waals surface area contributed by atoms with Gasteiger partial charge in [0.25, 0.3) is 0 Å². The van der Waals surface area contributed by atoms with Crippen molar-refractivity contribution in [3.8, 4) is 0 Å². The molecule has 0 bridgehead atoms. The molecule has 0 unspecified atom stereocenters. The van der Waals surface area contributed by atoms with Crippen LogP contribution in [0.25, 0.3) is 0 Å². The van der Waals surface area contributed by atoms with Crippen LogP contribution in [-0.2, 0) is 6.42 Å². The average Bonchev–Trinajstić information content (AvgIpc) is 2.44. The number of benzene rings is 1. The average molecular weight is 238 g/mol. The molecule has 4 nitrogen and oxygen atoms in total. The zero-order chi connectivity index (χ0) is 13.7. The molecule has 0 atom stereocenters. The summed E-state index contributed by atoms with van der Waals surface area (Å²) in [5.74, 6) is 5.47. The lowest BCUT2D eigenvalue weighted by Gasteiger charge is -2.02. The second kappa shape index (κ2) is 12.4. The number of nitrogens with zero attached hydrogens (tertiary/aromatic N) is 1. The fraction of sp³-hybridized carbons (Fsp3) is 0.462. The summed E-state index contributed by atoms with van der Waals surface area (Å²) < 4.78 is 0. The molecule has 0 spiro atoms. The van der Waals surface area contributed by atoms with Crippen molar-refractivity contribution in [2.24, 2.45) is 16.7 Å². The SMILES string of the molecule is CC.CC.CNc1ccc(C/C(N)=N/N)cc1. The highest BCUT2D eigenvalue weighted by atomic mass is 15.1. The van der Waals surface area contributed by atoms with Crippen LogP contribution in [0.4, 0.5) is 5.69 Å². The molecule has 1 aromatic rings. The maximum absolute atomic E-state index is 5.48. The summed E-state index contributed by atoms with van der Waals surface area (Å²) in [6.07, 6.45) is 0.598. The van der Waals surface area contributed by atoms with Gasteiger partial charge in [0.05, 0.1) is 0 Å². The van der Waals surface area contributed by atoms with E-state index in [1.54, 1.807) is 0 Å². The third-order valence-corrected chi connectivity index (χ3v) is 1.79. The Balaban J connectivity index is 0. The van der Waals surface area contributed by atoms with E-state index in [1.807, 2.05) is 59.0 Å². The van der Waals surface area contributed by atoms with Gasteiger partial charge in [0.15, 0.2) is 0 Å². The minimum Gasteiger partial charge on any atom is -0.388 e. The molecule has 0 amide bonds. The first-order chi connectivity index (χ1) is 8.26. The fourth-order valence-corrected chi connectivity index (χ4v) is 1.04. The first-order valence-electron chi connectivity index (χ1n) is 6.05. The number of anilines is 1. The highest BCUT2D eigenvalue weighted by molar-refractivity contribution is 5.82. The second-order valence-electron chi connectivity index (χ2n) is 2.74. The largest absolute Gasteiger partial charge is 0.388 e. The Morgan fingerprint density at radius 2 is 1.59 bits per heavy atom. The zero-order valence-electron chi connectivity index (χ0n) is 11.6. The van der Waals surface area contributed by atoms with E-state index in [-0.39, 0.29) is 0 Å². The van der Waals surface area contributed by atoms with Crippen LogP contribution in [0.1, 0.15) is 33.3 Å². The number of amidine groups is 1. The van der Waals surface area contributed by atoms with E-state index in [2.05, 4.69) is 10.4 Å². The summed E-state index contributed by atoms with van der Waals surface area (Å²) in [4.78, 5) is 0. The maximum Gasteiger partial charge on any atom is 0.123 e. The summed E-state index contributed by atoms with van der Waals surface area (Å²) in [6, 6.07) is 7.95. The third kappa shape index (κ3) is 8.13. The molecule has 0 aliphatic heterocycles. The Morgan fingerprint density at radius 1 is 1.12 bits per heavy atom. The highest BCUT2D eigenvalue weighted by Crippen LogP contribution is 2.08. The van der Waals surface area contributed by atoms with Gasteiger partial charge < -0.3 is 16.9 Å². The molecule has 5 N–H and O–H groups in total. The van der Waals surface area contributed by atoms with Crippen LogP contribution < -0.4 is 16.9 Å². The second-order valence-corrected chi connectivity index (χ2v) is 2.74. The smallest absolute Gasteiger partial charge is 0.123 e. The quantitative estimate of drug-likeness (QED) is 0.328. The van der Waals surface area contributed by atoms with Gasteiger partial charge in [-0.05, 0) is 17.7 Å². The van der Waals surface area contributed by atoms with Gasteiger partial charge in [-0.1, -0.05) is 39.8 Å². The number of rotatable bonds is 3. The van der Waals surface area contributed by atoms with Crippen molar-refractivity contribution in [1.82, 2.24) is 0 Å². The molecule has 0 heterocycles. The standard InChI is InChI=1S/C9H14N4.2C2H6/c1-12-8-4-2-7(3-5-8)6-9(10)13-11;2*1-2/h2-5,12H,6,11H2,1H3,(H2,10,13);2*1-2H3. The zero-order valence-corrected chi connectivity index (χ0v) is 11.6. The molecule has 4 heteroatoms. The molecule has 1 aromatic carbocycles. The molecule has 0 radical (unpaired) electrons. The van der Waals surface area contributed by atoms with Gasteiger partial charge >= 0.3 is 0 Å². The molecule has 0 aliphatic carbocycles. The normalized spacial score (nSPS) is 9.35. The lowest BCUT2D eigenvalue weighted by molar-refractivity contribution is 1.17. The van der Waals surface area contributed by atoms with Crippen LogP contribution in [0, 0.1) is 0 Å². The molecule has 0 saturated heterocycles. The van der Waals surface area contributed by atoms with Crippen molar-refractivity contribution in [3.63, 3.8) is 0 Å². The van der Waals surface area contributed by atoms with Crippen LogP contribution in [0.15, 0.2) is 29.4 Å². The van der Waals surface area contributed by atoms with Gasteiger partial charge in [-0.15, -0.1) is 0 Å². The van der Waals surface area contributed by atoms with Gasteiger partial charge in [0.2, 0.25) is 0 Å². The Kier molecular flexibility index (Phi) is 12.9. The first kappa shape index (κ1) is 17.7. The van der Waals surface area contributed by atoms with Crippen molar-refractivity contribution in [1.29, 1.82) is 0 Å². The van der Waals surface area contributed by atoms with Gasteiger partial charge in [-0.25, -0.2) is 0 Å². The first-order valence-corrected chi connectivity index (χ1v) is 6.05. The van der Waals surface area contributed by atoms with E-state index in [1.165, 1.54) is 0 Å². The van der Waals surface area contributed by atoms with E-state index in [9.17, 15) is 0 Å². The van der Waals surface area contributed by atoms with E-state index in [0.29, 0.717) is 12.3 Å². The van der Waals surface area contributed by atoms with E-state index in [0.717, 1.165) is 11.3 Å². The van der Waals surface area contributed by atoms with Crippen molar-refractivity contribution in [2.45, 2.75) is 34.1 Å². The van der Waals surface area contributed by atoms with Crippen LogP contribution >= 0.6 is 0 Å². The Hall–Kier alpha value is -1.71. The topological polar surface area (TPSA) is 76.4 Å². The lowest BCUT2D eigenvalue weighted by Crippen LogP contribution is -2.16. The van der Waals surface area contributed by atoms with Crippen molar-refractivity contribution in [2.75, 3.05) is 12.4 Å². The Labute approximate surface area is 105 Å². The molecule has 1 rings (SSSR count). The van der Waals surface area contributed by atoms with Gasteiger partial charge in [-0.3, -0.25) is 0 Å². The van der Waals surface area contributed by atoms with Crippen molar-refractivity contribution < 1.29 is 0 Å². The monoisotopic (exact) mass is 238 g/mol. The number of hydrogen-bond acceptors (Lipinski definition) is 3. The van der Waals surface area contributed by atoms with Crippen molar-refractivity contribution in [3.05, 3.63) is 29.8 Å². The highest BCUT2D eigenvalue weighted by Gasteiger charge is 1.95. The van der Waals surface area contributed by atoms with Crippen LogP contribution in [-0.4, -0.2) is 12.9 Å². The summed E-state index contributed by atoms with van der Waals surface area (Å²) in [5.41, 5.74) is 7.66. The lowest BCUT2D eigenvalue weighted by atomic mass is 10.1. The van der Waals surface area contributed by atoms with Gasteiger partial charge in [0.1, 0.15) is 5.84 Å². The number of nitrogens with two attached hydrogens (primary N) is 2. The minimum absolute atomic E-state index is 0.442. The predicted octanol–water partition coefficient (Wildman–Crippen LogP) is 2.55. The molecular formula is C13H26N4. The summed E-state index contributed by atoms with van der Waals surface area (Å²) in [7, 11) is 1.88. The van der Waals surface area contributed by atoms with E-state index < -0.39 is 0 Å². The molecular weight excluding hydrogens is 212 g/mol. The van der Waals surface area contributed by atoms with Crippen LogP contribution in [0.2, 0.25) is 0 Å². The van der Waals surface area contributed by atoms with Crippen LogP contribution in [0.3, 0.4) is 0 Å². The van der Waals surface area contributed by atoms with Gasteiger partial charge in [-0.2, -0.15) is 5.10 Å². The van der Waals surface area contributed by atoms with Crippen molar-refractivity contribution >= 4 is 11.5 Å². The Bertz CT molecular complexity index is 291. The number of hydrogen-bond donors (Lipinski definition) is 3. The van der Waals surface area contributed by atoms with Crippen LogP contribution in [0.5, 0.6) is 0 Å². The Morgan fingerprint density at radius 3 is 1.94 bits per heavy atom. The molecule has 0 fully saturated rings. The molecule has 0 aliphatic rings. The van der Waals surface area contributed by atoms with E-state index in [4.69, 9.17) is 11.6 Å². The summed E-state index contributed by atoms with van der Waals surface area (Å²) in [6.45, 7) is 8.00. The number of hydrazone groups is 1. The van der Waals surface area contributed by atoms with E-state index >= 15 is 0 Å². The third-order valence-electron chi connectivity index (χ3n) is 1.79. The number of nitrogens with one attached hydrogen (secondary N) is 1. The molecule has 17 heavy (non-hydrogen) atoms. The van der Waals surface area contributed by atoms with Gasteiger partial charge in [0, 0.05) is 19.2 Å². The fourth-order valence-electron chi connectivity index (χ4n) is 1.04. The maximum atomic E-state index is 5.48. The molecule has 0 aromatic heterocycles. The summed E-state index contributed by atoms with van der Waals surface area (Å²) in [5, 5.41) is 6.44. The minimum atomic E-state index is 0.442. The summed E-state index contributed by atoms with van der Waals surface area (Å²) >= 11 is 0.